The van der Waals surface area contributed by atoms with Crippen LogP contribution in [0.4, 0.5) is 24.8 Å². The number of alkyl halides is 3. The highest BCUT2D eigenvalue weighted by molar-refractivity contribution is 7.18. The molecular weight excluding hydrogens is 437 g/mol. The van der Waals surface area contributed by atoms with Gasteiger partial charge in [-0.1, -0.05) is 0 Å². The van der Waals surface area contributed by atoms with E-state index in [1.807, 2.05) is 13.2 Å². The molecule has 2 saturated heterocycles. The van der Waals surface area contributed by atoms with Crippen LogP contribution in [0.25, 0.3) is 10.2 Å². The summed E-state index contributed by atoms with van der Waals surface area (Å²) in [5.41, 5.74) is 1.24. The molecule has 2 atom stereocenters. The molecule has 170 valence electrons. The van der Waals surface area contributed by atoms with Gasteiger partial charge >= 0.3 is 6.18 Å². The van der Waals surface area contributed by atoms with Crippen molar-refractivity contribution in [1.82, 2.24) is 19.9 Å². The second kappa shape index (κ2) is 8.47. The lowest BCUT2D eigenvalue weighted by molar-refractivity contribution is -0.126. The summed E-state index contributed by atoms with van der Waals surface area (Å²) in [7, 11) is 1.87. The van der Waals surface area contributed by atoms with Gasteiger partial charge in [0.05, 0.1) is 11.8 Å². The number of hydrogen-bond acceptors (Lipinski definition) is 7. The van der Waals surface area contributed by atoms with Crippen molar-refractivity contribution in [2.45, 2.75) is 25.6 Å². The number of pyridine rings is 1. The Morgan fingerprint density at radius 3 is 2.78 bits per heavy atom. The number of likely N-dealkylation sites (tertiary alicyclic amines) is 1. The van der Waals surface area contributed by atoms with Crippen molar-refractivity contribution < 1.29 is 13.2 Å². The van der Waals surface area contributed by atoms with Crippen molar-refractivity contribution in [3.05, 3.63) is 41.2 Å². The lowest BCUT2D eigenvalue weighted by Crippen LogP contribution is -2.39. The van der Waals surface area contributed by atoms with Crippen molar-refractivity contribution >= 4 is 33.2 Å². The van der Waals surface area contributed by atoms with Crippen LogP contribution in [-0.2, 0) is 13.0 Å². The molecule has 0 radical (unpaired) electrons. The van der Waals surface area contributed by atoms with Gasteiger partial charge in [0, 0.05) is 44.3 Å². The number of nitrogens with one attached hydrogen (secondary N) is 1. The molecule has 0 aliphatic carbocycles. The molecular formula is C22H25F3N6S. The van der Waals surface area contributed by atoms with Gasteiger partial charge in [0.1, 0.15) is 22.8 Å². The summed E-state index contributed by atoms with van der Waals surface area (Å²) in [6.45, 7) is 4.71. The smallest absolute Gasteiger partial charge is 0.373 e. The van der Waals surface area contributed by atoms with E-state index < -0.39 is 12.6 Å². The van der Waals surface area contributed by atoms with Crippen molar-refractivity contribution in [2.24, 2.45) is 11.8 Å². The number of halogens is 3. The third kappa shape index (κ3) is 4.52. The normalized spacial score (nSPS) is 21.8. The maximum atomic E-state index is 12.9. The Hall–Kier alpha value is -2.46. The molecule has 2 aliphatic rings. The Labute approximate surface area is 188 Å². The molecule has 0 bridgehead atoms. The second-order valence-corrected chi connectivity index (χ2v) is 9.78. The van der Waals surface area contributed by atoms with Crippen LogP contribution in [0.3, 0.4) is 0 Å². The van der Waals surface area contributed by atoms with E-state index in [1.165, 1.54) is 11.9 Å². The van der Waals surface area contributed by atoms with Crippen LogP contribution in [-0.4, -0.2) is 59.3 Å². The highest BCUT2D eigenvalue weighted by Gasteiger charge is 2.38. The standard InChI is InChI=1S/C22H25F3N6S/c1-26-19-6-14(2-4-27-19)9-30-5-3-15-11-31(12-16(15)10-30)20-18-7-17(8-22(23,24)25)32-21(18)29-13-28-20/h2,4,6-7,13,15-16H,3,5,8-12H2,1H3,(H,26,27)/t15-,16+/m1/s1. The molecule has 5 rings (SSSR count). The van der Waals surface area contributed by atoms with E-state index in [2.05, 4.69) is 42.2 Å². The molecule has 2 aliphatic heterocycles. The Morgan fingerprint density at radius 1 is 1.12 bits per heavy atom. The average molecular weight is 463 g/mol. The number of aromatic nitrogens is 3. The van der Waals surface area contributed by atoms with Crippen LogP contribution in [0.2, 0.25) is 0 Å². The van der Waals surface area contributed by atoms with Gasteiger partial charge in [0.15, 0.2) is 0 Å². The predicted molar refractivity (Wildman–Crippen MR) is 120 cm³/mol. The summed E-state index contributed by atoms with van der Waals surface area (Å²) in [5, 5.41) is 3.82. The minimum Gasteiger partial charge on any atom is -0.373 e. The second-order valence-electron chi connectivity index (χ2n) is 8.67. The number of nitrogens with zero attached hydrogens (tertiary/aromatic N) is 5. The van der Waals surface area contributed by atoms with E-state index in [0.717, 1.165) is 67.5 Å². The summed E-state index contributed by atoms with van der Waals surface area (Å²) in [4.78, 5) is 18.6. The first kappa shape index (κ1) is 21.4. The summed E-state index contributed by atoms with van der Waals surface area (Å²) < 4.78 is 38.6. The fourth-order valence-electron chi connectivity index (χ4n) is 4.96. The molecule has 32 heavy (non-hydrogen) atoms. The molecule has 0 unspecified atom stereocenters. The van der Waals surface area contributed by atoms with E-state index in [1.54, 1.807) is 6.07 Å². The van der Waals surface area contributed by atoms with Crippen LogP contribution in [0, 0.1) is 11.8 Å². The number of anilines is 2. The zero-order valence-electron chi connectivity index (χ0n) is 17.8. The largest absolute Gasteiger partial charge is 0.393 e. The van der Waals surface area contributed by atoms with Crippen LogP contribution in [0.15, 0.2) is 30.7 Å². The Balaban J connectivity index is 1.29. The Bertz CT molecular complexity index is 1100. The highest BCUT2D eigenvalue weighted by atomic mass is 32.1. The van der Waals surface area contributed by atoms with Crippen LogP contribution in [0.1, 0.15) is 16.9 Å². The molecule has 6 nitrogen and oxygen atoms in total. The lowest BCUT2D eigenvalue weighted by atomic mass is 9.88. The zero-order valence-corrected chi connectivity index (χ0v) is 18.6. The van der Waals surface area contributed by atoms with E-state index in [9.17, 15) is 13.2 Å². The fraction of sp³-hybridized carbons (Fsp3) is 0.500. The lowest BCUT2D eigenvalue weighted by Gasteiger charge is -2.34. The zero-order chi connectivity index (χ0) is 22.3. The third-order valence-corrected chi connectivity index (χ3v) is 7.45. The molecule has 0 aromatic carbocycles. The number of thiophene rings is 1. The van der Waals surface area contributed by atoms with E-state index in [0.29, 0.717) is 16.7 Å². The number of fused-ring (bicyclic) bond motifs is 2. The average Bonchev–Trinajstić information content (AvgIpc) is 3.35. The summed E-state index contributed by atoms with van der Waals surface area (Å²) in [6.07, 6.45) is -0.717. The highest BCUT2D eigenvalue weighted by Crippen LogP contribution is 2.38. The first-order chi connectivity index (χ1) is 15.4. The van der Waals surface area contributed by atoms with Crippen LogP contribution < -0.4 is 10.2 Å². The van der Waals surface area contributed by atoms with Crippen LogP contribution >= 0.6 is 11.3 Å². The van der Waals surface area contributed by atoms with Crippen LogP contribution in [0.5, 0.6) is 0 Å². The molecule has 0 spiro atoms. The molecule has 10 heteroatoms. The van der Waals surface area contributed by atoms with Gasteiger partial charge < -0.3 is 10.2 Å². The Kier molecular flexibility index (Phi) is 5.66. The summed E-state index contributed by atoms with van der Waals surface area (Å²) >= 11 is 1.11. The van der Waals surface area contributed by atoms with Crippen molar-refractivity contribution in [2.75, 3.05) is 43.4 Å². The topological polar surface area (TPSA) is 57.2 Å². The van der Waals surface area contributed by atoms with Gasteiger partial charge in [0.2, 0.25) is 0 Å². The van der Waals surface area contributed by atoms with E-state index in [4.69, 9.17) is 0 Å². The van der Waals surface area contributed by atoms with Gasteiger partial charge in [-0.05, 0) is 48.6 Å². The predicted octanol–water partition coefficient (Wildman–Crippen LogP) is 4.19. The molecule has 2 fully saturated rings. The fourth-order valence-corrected chi connectivity index (χ4v) is 5.98. The number of hydrogen-bond donors (Lipinski definition) is 1. The minimum absolute atomic E-state index is 0.287. The first-order valence-corrected chi connectivity index (χ1v) is 11.6. The van der Waals surface area contributed by atoms with E-state index >= 15 is 0 Å². The summed E-state index contributed by atoms with van der Waals surface area (Å²) in [6, 6.07) is 5.76. The molecule has 3 aromatic heterocycles. The first-order valence-electron chi connectivity index (χ1n) is 10.8. The SMILES string of the molecule is CNc1cc(CN2CC[C@@H]3CN(c4ncnc5sc(CC(F)(F)F)cc45)C[C@@H]3C2)ccn1. The van der Waals surface area contributed by atoms with E-state index in [-0.39, 0.29) is 4.88 Å². The molecule has 5 heterocycles. The third-order valence-electron chi connectivity index (χ3n) is 6.41. The molecule has 3 aromatic rings. The van der Waals surface area contributed by atoms with Gasteiger partial charge in [-0.15, -0.1) is 11.3 Å². The maximum absolute atomic E-state index is 12.9. The van der Waals surface area contributed by atoms with Gasteiger partial charge in [0.25, 0.3) is 0 Å². The van der Waals surface area contributed by atoms with Gasteiger partial charge in [-0.3, -0.25) is 4.90 Å². The molecule has 0 saturated carbocycles. The van der Waals surface area contributed by atoms with Crippen molar-refractivity contribution in [3.8, 4) is 0 Å². The number of rotatable bonds is 5. The summed E-state index contributed by atoms with van der Waals surface area (Å²) in [5.74, 6) is 2.74. The van der Waals surface area contributed by atoms with Crippen molar-refractivity contribution in [1.29, 1.82) is 0 Å². The van der Waals surface area contributed by atoms with Gasteiger partial charge in [-0.2, -0.15) is 13.2 Å². The molecule has 0 amide bonds. The monoisotopic (exact) mass is 462 g/mol. The number of piperidine rings is 1. The van der Waals surface area contributed by atoms with Crippen molar-refractivity contribution in [3.63, 3.8) is 0 Å². The maximum Gasteiger partial charge on any atom is 0.393 e. The quantitative estimate of drug-likeness (QED) is 0.614. The molecule has 1 N–H and O–H groups in total. The minimum atomic E-state index is -4.22. The van der Waals surface area contributed by atoms with Gasteiger partial charge in [-0.25, -0.2) is 15.0 Å². The Morgan fingerprint density at radius 2 is 1.97 bits per heavy atom.